The van der Waals surface area contributed by atoms with Gasteiger partial charge in [0.05, 0.1) is 0 Å². The Morgan fingerprint density at radius 1 is 0.556 bits per heavy atom. The average Bonchev–Trinajstić information content (AvgIpc) is 0. The van der Waals surface area contributed by atoms with Crippen LogP contribution in [-0.2, 0) is 61.2 Å². The molecule has 2 radical (unpaired) electrons. The van der Waals surface area contributed by atoms with Crippen LogP contribution < -0.4 is 0 Å². The van der Waals surface area contributed by atoms with Gasteiger partial charge in [-0.25, -0.2) is 0 Å². The molecule has 0 aliphatic carbocycles. The molecule has 42 valence electrons. The monoisotopic (exact) mass is 691 g/mol. The summed E-state index contributed by atoms with van der Waals surface area (Å²) in [4.78, 5) is 0. The van der Waals surface area contributed by atoms with Crippen molar-refractivity contribution in [3.63, 3.8) is 0 Å². The fourth-order valence-electron chi connectivity index (χ4n) is 0. The van der Waals surface area contributed by atoms with Gasteiger partial charge in [-0.15, -0.1) is 0 Å². The summed E-state index contributed by atoms with van der Waals surface area (Å²) in [6, 6.07) is 0. The third-order valence-electron chi connectivity index (χ3n) is 0. The topological polar surface area (TPSA) is 85.5 Å². The molecule has 0 aromatic carbocycles. The quantitative estimate of drug-likeness (QED) is 0.303. The van der Waals surface area contributed by atoms with E-state index in [0.29, 0.717) is 0 Å². The molecule has 0 bridgehead atoms. The van der Waals surface area contributed by atoms with Gasteiger partial charge in [-0.05, 0) is 0 Å². The first-order chi connectivity index (χ1) is 0. The van der Waals surface area contributed by atoms with Gasteiger partial charge < -0.3 is 22.1 Å². The molecule has 0 N–H and O–H groups in total. The van der Waals surface area contributed by atoms with E-state index in [0.717, 1.165) is 0 Å². The summed E-state index contributed by atoms with van der Waals surface area (Å²) in [5.74, 6) is 0. The Hall–Kier alpha value is 6.71. The molecule has 0 saturated heterocycles. The Morgan fingerprint density at radius 3 is 0.556 bits per heavy atom. The Bertz CT molecular complexity index is 29.4. The molecule has 0 saturated carbocycles. The van der Waals surface area contributed by atoms with Gasteiger partial charge in [-0.1, -0.05) is 0 Å². The normalized spacial score (nSPS) is 0. The molecule has 0 aromatic heterocycles. The van der Waals surface area contributed by atoms with Gasteiger partial charge in [0.25, 0.3) is 0 Å². The van der Waals surface area contributed by atoms with Crippen molar-refractivity contribution in [2.75, 3.05) is 0 Å². The van der Waals surface area contributed by atoms with Crippen LogP contribution in [0, 0.1) is 71.2 Å². The maximum absolute atomic E-state index is 0. The molecular weight excluding hydrogens is 687 g/mol. The van der Waals surface area contributed by atoms with Crippen molar-refractivity contribution in [3.05, 3.63) is 0 Å². The minimum atomic E-state index is 0. The number of hydrogen-bond acceptors (Lipinski definition) is 0. The van der Waals surface area contributed by atoms with Crippen molar-refractivity contribution < 1.29 is 138 Å². The van der Waals surface area contributed by atoms with E-state index in [1.165, 1.54) is 0 Å². The SMILES string of the molecule is [H-].[H-].[H-].[H-].[La+3].[La+3].[Nb].[Nb].[O-2].[O-2].[O-2].[Sr+2].[Sr+2]. The minimum absolute atomic E-state index is 0. The zero-order chi connectivity index (χ0) is 0. The van der Waals surface area contributed by atoms with Crippen LogP contribution >= 0.6 is 0 Å². The van der Waals surface area contributed by atoms with Crippen molar-refractivity contribution in [1.82, 2.24) is 0 Å². The number of hydrogen-bond donors (Lipinski definition) is 0. The fourth-order valence-corrected chi connectivity index (χ4v) is 0. The number of rotatable bonds is 0. The second kappa shape index (κ2) is 61.4. The predicted molar refractivity (Wildman–Crippen MR) is 18.0 cm³/mol. The van der Waals surface area contributed by atoms with Crippen molar-refractivity contribution in [1.29, 1.82) is 0 Å². The summed E-state index contributed by atoms with van der Waals surface area (Å²) in [6.45, 7) is 0. The molecule has 0 atom stereocenters. The van der Waals surface area contributed by atoms with Crippen LogP contribution in [-0.4, -0.2) is 91.0 Å². The first-order valence-corrected chi connectivity index (χ1v) is 0. The van der Waals surface area contributed by atoms with Crippen molar-refractivity contribution >= 4 is 91.0 Å². The summed E-state index contributed by atoms with van der Waals surface area (Å²) in [5, 5.41) is 0. The van der Waals surface area contributed by atoms with E-state index in [1.54, 1.807) is 0 Å². The third kappa shape index (κ3) is 52.8. The van der Waals surface area contributed by atoms with E-state index >= 15 is 0 Å². The maximum Gasteiger partial charge on any atom is 3.00 e. The molecule has 3 nitrogen and oxygen atoms in total. The van der Waals surface area contributed by atoms with Gasteiger partial charge in [0.1, 0.15) is 0 Å². The van der Waals surface area contributed by atoms with E-state index < -0.39 is 0 Å². The van der Waals surface area contributed by atoms with Crippen LogP contribution in [0.25, 0.3) is 0 Å². The second-order valence-corrected chi connectivity index (χ2v) is 0. The molecular formula is H4La2Nb2O3Sr2. The predicted octanol–water partition coefficient (Wildman–Crippen LogP) is -0.673. The summed E-state index contributed by atoms with van der Waals surface area (Å²) in [6.07, 6.45) is 0. The Labute approximate surface area is 222 Å². The molecule has 0 spiro atoms. The van der Waals surface area contributed by atoms with E-state index in [1.807, 2.05) is 0 Å². The van der Waals surface area contributed by atoms with Crippen LogP contribution in [0.2, 0.25) is 0 Å². The first-order valence-electron chi connectivity index (χ1n) is 0. The van der Waals surface area contributed by atoms with E-state index in [4.69, 9.17) is 0 Å². The molecule has 9 heteroatoms. The van der Waals surface area contributed by atoms with Crippen LogP contribution in [0.1, 0.15) is 5.71 Å². The molecule has 0 heterocycles. The van der Waals surface area contributed by atoms with Gasteiger partial charge in [-0.3, -0.25) is 0 Å². The Morgan fingerprint density at radius 2 is 0.556 bits per heavy atom. The van der Waals surface area contributed by atoms with Crippen LogP contribution in [0.3, 0.4) is 0 Å². The molecule has 0 unspecified atom stereocenters. The summed E-state index contributed by atoms with van der Waals surface area (Å²) >= 11 is 0. The average molecular weight is 691 g/mol. The summed E-state index contributed by atoms with van der Waals surface area (Å²) in [5.41, 5.74) is 0. The van der Waals surface area contributed by atoms with Gasteiger partial charge in [0.15, 0.2) is 0 Å². The maximum atomic E-state index is 0. The van der Waals surface area contributed by atoms with Gasteiger partial charge in [0, 0.05) is 44.8 Å². The summed E-state index contributed by atoms with van der Waals surface area (Å²) < 4.78 is 0. The van der Waals surface area contributed by atoms with Crippen molar-refractivity contribution in [3.8, 4) is 0 Å². The molecule has 0 aliphatic heterocycles. The molecule has 0 aromatic rings. The third-order valence-corrected chi connectivity index (χ3v) is 0. The van der Waals surface area contributed by atoms with E-state index in [-0.39, 0.29) is 229 Å². The van der Waals surface area contributed by atoms with Gasteiger partial charge in [0.2, 0.25) is 0 Å². The van der Waals surface area contributed by atoms with Gasteiger partial charge in [-0.2, -0.15) is 0 Å². The zero-order valence-electron chi connectivity index (χ0n) is 8.69. The Kier molecular flexibility index (Phi) is 515. The zero-order valence-corrected chi connectivity index (χ0v) is 23.3. The smallest absolute Gasteiger partial charge is 2.00 e. The van der Waals surface area contributed by atoms with Crippen LogP contribution in [0.15, 0.2) is 0 Å². The fraction of sp³-hybridized carbons (Fsp3) is 0. The van der Waals surface area contributed by atoms with Gasteiger partial charge >= 0.3 is 162 Å². The molecule has 0 amide bonds. The van der Waals surface area contributed by atoms with E-state index in [2.05, 4.69) is 0 Å². The second-order valence-electron chi connectivity index (χ2n) is 0. The summed E-state index contributed by atoms with van der Waals surface area (Å²) in [7, 11) is 0. The minimum Gasteiger partial charge on any atom is -2.00 e. The van der Waals surface area contributed by atoms with Crippen molar-refractivity contribution in [2.24, 2.45) is 0 Å². The van der Waals surface area contributed by atoms with Crippen LogP contribution in [0.5, 0.6) is 0 Å². The largest absolute Gasteiger partial charge is 3.00 e. The van der Waals surface area contributed by atoms with Crippen LogP contribution in [0.4, 0.5) is 0 Å². The standard InChI is InChI=1S/2La.2Nb.3O.2Sr.4H/q2*+3;;;3*-2;2*+2;4*-1. The molecule has 9 heavy (non-hydrogen) atoms. The van der Waals surface area contributed by atoms with E-state index in [9.17, 15) is 0 Å². The molecule has 0 fully saturated rings. The van der Waals surface area contributed by atoms with Crippen molar-refractivity contribution in [2.45, 2.75) is 0 Å². The molecule has 0 rings (SSSR count). The first kappa shape index (κ1) is 75.5. The Balaban J connectivity index is 0. The molecule has 0 aliphatic rings.